The van der Waals surface area contributed by atoms with Crippen molar-refractivity contribution in [3.05, 3.63) is 72.4 Å². The predicted octanol–water partition coefficient (Wildman–Crippen LogP) is 2.76. The number of amides is 1. The Hall–Kier alpha value is -3.36. The second-order valence-corrected chi connectivity index (χ2v) is 6.77. The van der Waals surface area contributed by atoms with Gasteiger partial charge in [-0.3, -0.25) is 14.8 Å². The predicted molar refractivity (Wildman–Crippen MR) is 111 cm³/mol. The van der Waals surface area contributed by atoms with Crippen LogP contribution in [0.2, 0.25) is 0 Å². The molecule has 8 heteroatoms. The molecule has 0 spiro atoms. The molecule has 0 bridgehead atoms. The lowest BCUT2D eigenvalue weighted by Gasteiger charge is -2.30. The van der Waals surface area contributed by atoms with Crippen LogP contribution < -0.4 is 21.9 Å². The highest BCUT2D eigenvalue weighted by molar-refractivity contribution is 5.92. The van der Waals surface area contributed by atoms with Gasteiger partial charge in [-0.15, -0.1) is 0 Å². The van der Waals surface area contributed by atoms with Crippen molar-refractivity contribution in [2.45, 2.75) is 25.9 Å². The van der Waals surface area contributed by atoms with E-state index in [4.69, 9.17) is 11.5 Å². The zero-order valence-corrected chi connectivity index (χ0v) is 16.2. The van der Waals surface area contributed by atoms with Crippen LogP contribution in [0.1, 0.15) is 24.2 Å². The van der Waals surface area contributed by atoms with E-state index >= 15 is 4.39 Å². The molecule has 0 fully saturated rings. The van der Waals surface area contributed by atoms with Gasteiger partial charge in [-0.2, -0.15) is 0 Å². The molecule has 2 atom stereocenters. The monoisotopic (exact) mass is 394 g/mol. The Morgan fingerprint density at radius 3 is 2.41 bits per heavy atom. The number of hydrogen-bond donors (Lipinski definition) is 3. The van der Waals surface area contributed by atoms with Gasteiger partial charge in [0.05, 0.1) is 11.8 Å². The number of carbonyl (C=O) groups is 1. The van der Waals surface area contributed by atoms with Crippen LogP contribution in [0, 0.1) is 5.82 Å². The first kappa shape index (κ1) is 20.4. The molecular weight excluding hydrogens is 371 g/mol. The molecule has 29 heavy (non-hydrogen) atoms. The summed E-state index contributed by atoms with van der Waals surface area (Å²) in [7, 11) is 0. The van der Waals surface area contributed by atoms with E-state index in [2.05, 4.69) is 15.4 Å². The number of benzene rings is 1. The van der Waals surface area contributed by atoms with Crippen molar-refractivity contribution in [1.29, 1.82) is 0 Å². The normalized spacial score (nSPS) is 13.0. The molecule has 7 nitrogen and oxygen atoms in total. The van der Waals surface area contributed by atoms with E-state index in [1.54, 1.807) is 6.07 Å². The molecule has 3 rings (SSSR count). The third kappa shape index (κ3) is 4.56. The van der Waals surface area contributed by atoms with Gasteiger partial charge in [-0.25, -0.2) is 14.8 Å². The average molecular weight is 394 g/mol. The number of aromatic nitrogens is 2. The lowest BCUT2D eigenvalue weighted by molar-refractivity contribution is 0.1000. The average Bonchev–Trinajstić information content (AvgIpc) is 2.73. The quantitative estimate of drug-likeness (QED) is 0.532. The summed E-state index contributed by atoms with van der Waals surface area (Å²) in [5, 5.41) is 1.48. The Balaban J connectivity index is 2.08. The number of anilines is 2. The Kier molecular flexibility index (Phi) is 6.16. The van der Waals surface area contributed by atoms with Crippen LogP contribution in [-0.2, 0) is 0 Å². The molecule has 0 saturated heterocycles. The lowest BCUT2D eigenvalue weighted by Crippen LogP contribution is -2.49. The Morgan fingerprint density at radius 2 is 1.83 bits per heavy atom. The zero-order chi connectivity index (χ0) is 21.0. The molecule has 150 valence electrons. The van der Waals surface area contributed by atoms with Gasteiger partial charge in [0.25, 0.3) is 0 Å². The second kappa shape index (κ2) is 8.76. The fraction of sp³-hybridized carbons (Fsp3) is 0.190. The van der Waals surface area contributed by atoms with E-state index in [9.17, 15) is 4.79 Å². The summed E-state index contributed by atoms with van der Waals surface area (Å²) >= 11 is 0. The number of hydrogen-bond acceptors (Lipinski definition) is 6. The molecule has 2 heterocycles. The number of primary amides is 1. The SMILES string of the molecule is C[C@H](N)[C@@H](C)NN(c1ccc(C(N)=O)cn1)c1cncc(-c2ccccc2)c1F. The minimum absolute atomic E-state index is 0.179. The van der Waals surface area contributed by atoms with Crippen LogP contribution >= 0.6 is 0 Å². The Labute approximate surface area is 168 Å². The molecule has 1 amide bonds. The molecule has 0 saturated carbocycles. The van der Waals surface area contributed by atoms with Crippen molar-refractivity contribution in [1.82, 2.24) is 15.4 Å². The first-order valence-electron chi connectivity index (χ1n) is 9.15. The number of hydrazine groups is 1. The van der Waals surface area contributed by atoms with E-state index in [0.29, 0.717) is 16.9 Å². The molecule has 0 unspecified atom stereocenters. The molecule has 0 radical (unpaired) electrons. The third-order valence-electron chi connectivity index (χ3n) is 4.57. The van der Waals surface area contributed by atoms with E-state index in [1.165, 1.54) is 29.7 Å². The maximum absolute atomic E-state index is 15.5. The fourth-order valence-electron chi connectivity index (χ4n) is 2.65. The van der Waals surface area contributed by atoms with Gasteiger partial charge in [0, 0.05) is 30.0 Å². The van der Waals surface area contributed by atoms with Crippen LogP contribution in [0.3, 0.4) is 0 Å². The number of nitrogens with one attached hydrogen (secondary N) is 1. The topological polar surface area (TPSA) is 110 Å². The number of nitrogens with zero attached hydrogens (tertiary/aromatic N) is 3. The van der Waals surface area contributed by atoms with Crippen LogP contribution in [0.5, 0.6) is 0 Å². The third-order valence-corrected chi connectivity index (χ3v) is 4.57. The lowest BCUT2D eigenvalue weighted by atomic mass is 10.1. The number of halogens is 1. The van der Waals surface area contributed by atoms with Gasteiger partial charge < -0.3 is 11.5 Å². The van der Waals surface area contributed by atoms with Crippen LogP contribution in [0.4, 0.5) is 15.9 Å². The van der Waals surface area contributed by atoms with E-state index in [1.807, 2.05) is 44.2 Å². The van der Waals surface area contributed by atoms with E-state index < -0.39 is 11.7 Å². The molecule has 1 aromatic carbocycles. The number of rotatable bonds is 7. The zero-order valence-electron chi connectivity index (χ0n) is 16.2. The summed E-state index contributed by atoms with van der Waals surface area (Å²) in [6.45, 7) is 3.72. The number of nitrogens with two attached hydrogens (primary N) is 2. The minimum Gasteiger partial charge on any atom is -0.366 e. The largest absolute Gasteiger partial charge is 0.366 e. The molecule has 5 N–H and O–H groups in total. The van der Waals surface area contributed by atoms with Crippen LogP contribution in [0.25, 0.3) is 11.1 Å². The number of carbonyl (C=O) groups excluding carboxylic acids is 1. The van der Waals surface area contributed by atoms with Gasteiger partial charge in [0.15, 0.2) is 5.82 Å². The standard InChI is InChI=1S/C21H23FN6O/c1-13(23)14(2)27-28(19-9-8-16(10-26-19)21(24)29)18-12-25-11-17(20(18)22)15-6-4-3-5-7-15/h3-14,27H,23H2,1-2H3,(H2,24,29)/t13-,14+/m0/s1. The molecule has 2 aromatic heterocycles. The van der Waals surface area contributed by atoms with Gasteiger partial charge in [0.1, 0.15) is 11.5 Å². The van der Waals surface area contributed by atoms with Crippen molar-refractivity contribution in [3.63, 3.8) is 0 Å². The van der Waals surface area contributed by atoms with E-state index in [-0.39, 0.29) is 23.3 Å². The van der Waals surface area contributed by atoms with Crippen molar-refractivity contribution >= 4 is 17.4 Å². The summed E-state index contributed by atoms with van der Waals surface area (Å²) in [5.41, 5.74) is 15.9. The van der Waals surface area contributed by atoms with Gasteiger partial charge >= 0.3 is 0 Å². The summed E-state index contributed by atoms with van der Waals surface area (Å²) in [6, 6.07) is 11.8. The molecule has 0 aliphatic heterocycles. The Morgan fingerprint density at radius 1 is 1.10 bits per heavy atom. The molecule has 3 aromatic rings. The first-order valence-corrected chi connectivity index (χ1v) is 9.15. The highest BCUT2D eigenvalue weighted by atomic mass is 19.1. The van der Waals surface area contributed by atoms with Crippen LogP contribution in [0.15, 0.2) is 61.1 Å². The minimum atomic E-state index is -0.591. The summed E-state index contributed by atoms with van der Waals surface area (Å²) in [4.78, 5) is 19.8. The van der Waals surface area contributed by atoms with Crippen molar-refractivity contribution < 1.29 is 9.18 Å². The summed E-state index contributed by atoms with van der Waals surface area (Å²) in [5.74, 6) is -0.684. The van der Waals surface area contributed by atoms with Gasteiger partial charge in [-0.1, -0.05) is 30.3 Å². The first-order chi connectivity index (χ1) is 13.9. The van der Waals surface area contributed by atoms with Crippen LogP contribution in [-0.4, -0.2) is 28.0 Å². The highest BCUT2D eigenvalue weighted by Crippen LogP contribution is 2.31. The number of pyridine rings is 2. The maximum atomic E-state index is 15.5. The summed E-state index contributed by atoms with van der Waals surface area (Å²) < 4.78 is 15.5. The Bertz CT molecular complexity index is 978. The van der Waals surface area contributed by atoms with Gasteiger partial charge in [0.2, 0.25) is 5.91 Å². The fourth-order valence-corrected chi connectivity index (χ4v) is 2.65. The van der Waals surface area contributed by atoms with Crippen molar-refractivity contribution in [2.75, 3.05) is 5.01 Å². The van der Waals surface area contributed by atoms with Gasteiger partial charge in [-0.05, 0) is 31.5 Å². The van der Waals surface area contributed by atoms with E-state index in [0.717, 1.165) is 0 Å². The molecule has 0 aliphatic carbocycles. The summed E-state index contributed by atoms with van der Waals surface area (Å²) in [6.07, 6.45) is 4.23. The highest BCUT2D eigenvalue weighted by Gasteiger charge is 2.22. The van der Waals surface area contributed by atoms with Crippen molar-refractivity contribution in [3.8, 4) is 11.1 Å². The smallest absolute Gasteiger partial charge is 0.250 e. The molecule has 0 aliphatic rings. The maximum Gasteiger partial charge on any atom is 0.250 e. The molecular formula is C21H23FN6O. The second-order valence-electron chi connectivity index (χ2n) is 6.77. The van der Waals surface area contributed by atoms with Crippen molar-refractivity contribution in [2.24, 2.45) is 11.5 Å².